The summed E-state index contributed by atoms with van der Waals surface area (Å²) in [5, 5.41) is 12.3. The number of rotatable bonds is 6. The van der Waals surface area contributed by atoms with Crippen molar-refractivity contribution < 1.29 is 9.90 Å². The molecular weight excluding hydrogens is 214 g/mol. The van der Waals surface area contributed by atoms with Crippen molar-refractivity contribution >= 4 is 5.91 Å². The molecule has 0 bridgehead atoms. The second kappa shape index (κ2) is 7.34. The number of terminal acetylenes is 1. The first-order chi connectivity index (χ1) is 8.24. The maximum Gasteiger partial charge on any atom is 0.224 e. The minimum Gasteiger partial charge on any atom is -0.508 e. The summed E-state index contributed by atoms with van der Waals surface area (Å²) < 4.78 is 0. The summed E-state index contributed by atoms with van der Waals surface area (Å²) in [6.07, 6.45) is 7.89. The summed E-state index contributed by atoms with van der Waals surface area (Å²) in [4.78, 5) is 11.5. The van der Waals surface area contributed by atoms with Crippen LogP contribution in [0.2, 0.25) is 0 Å². The smallest absolute Gasteiger partial charge is 0.224 e. The van der Waals surface area contributed by atoms with Gasteiger partial charge in [0.15, 0.2) is 0 Å². The average molecular weight is 231 g/mol. The molecule has 0 fully saturated rings. The fourth-order valence-corrected chi connectivity index (χ4v) is 1.48. The van der Waals surface area contributed by atoms with Gasteiger partial charge in [0.05, 0.1) is 6.42 Å². The third-order valence-corrected chi connectivity index (χ3v) is 2.41. The van der Waals surface area contributed by atoms with Crippen LogP contribution in [0.3, 0.4) is 0 Å². The van der Waals surface area contributed by atoms with E-state index >= 15 is 0 Å². The van der Waals surface area contributed by atoms with Crippen LogP contribution in [-0.2, 0) is 11.2 Å². The van der Waals surface area contributed by atoms with Crippen LogP contribution < -0.4 is 5.32 Å². The van der Waals surface area contributed by atoms with Crippen LogP contribution in [0.5, 0.6) is 5.75 Å². The molecule has 1 rings (SSSR count). The Balaban J connectivity index is 2.26. The van der Waals surface area contributed by atoms with Crippen molar-refractivity contribution in [3.05, 3.63) is 29.8 Å². The molecule has 1 aromatic carbocycles. The van der Waals surface area contributed by atoms with Gasteiger partial charge >= 0.3 is 0 Å². The zero-order valence-corrected chi connectivity index (χ0v) is 9.78. The second-order valence-electron chi connectivity index (χ2n) is 3.82. The van der Waals surface area contributed by atoms with E-state index in [1.807, 2.05) is 0 Å². The number of hydrogen-bond acceptors (Lipinski definition) is 2. The van der Waals surface area contributed by atoms with Crippen molar-refractivity contribution in [1.82, 2.24) is 5.32 Å². The standard InChI is InChI=1S/C14H17NO2/c1-2-3-4-7-10-15-14(17)11-12-8-5-6-9-13(12)16/h1,5-6,8-9,16H,3-4,7,10-11H2,(H,15,17). The molecular formula is C14H17NO2. The first-order valence-electron chi connectivity index (χ1n) is 5.71. The Hall–Kier alpha value is -1.95. The number of benzene rings is 1. The van der Waals surface area contributed by atoms with Gasteiger partial charge in [-0.3, -0.25) is 4.79 Å². The predicted molar refractivity (Wildman–Crippen MR) is 67.5 cm³/mol. The summed E-state index contributed by atoms with van der Waals surface area (Å²) >= 11 is 0. The molecule has 2 N–H and O–H groups in total. The van der Waals surface area contributed by atoms with E-state index in [0.717, 1.165) is 19.3 Å². The lowest BCUT2D eigenvalue weighted by Gasteiger charge is -2.05. The van der Waals surface area contributed by atoms with Gasteiger partial charge < -0.3 is 10.4 Å². The highest BCUT2D eigenvalue weighted by Gasteiger charge is 2.05. The lowest BCUT2D eigenvalue weighted by molar-refractivity contribution is -0.120. The number of phenols is 1. The quantitative estimate of drug-likeness (QED) is 0.580. The monoisotopic (exact) mass is 231 g/mol. The predicted octanol–water partition coefficient (Wildman–Crippen LogP) is 1.85. The summed E-state index contributed by atoms with van der Waals surface area (Å²) in [7, 11) is 0. The molecule has 0 unspecified atom stereocenters. The molecule has 0 saturated heterocycles. The Morgan fingerprint density at radius 2 is 2.12 bits per heavy atom. The van der Waals surface area contributed by atoms with Crippen LogP contribution in [0.15, 0.2) is 24.3 Å². The van der Waals surface area contributed by atoms with Crippen LogP contribution in [0.1, 0.15) is 24.8 Å². The Bertz CT molecular complexity index is 407. The van der Waals surface area contributed by atoms with Gasteiger partial charge in [0.25, 0.3) is 0 Å². The molecule has 90 valence electrons. The highest BCUT2D eigenvalue weighted by Crippen LogP contribution is 2.15. The number of aromatic hydroxyl groups is 1. The number of amides is 1. The lowest BCUT2D eigenvalue weighted by atomic mass is 10.1. The molecule has 1 amide bonds. The largest absolute Gasteiger partial charge is 0.508 e. The van der Waals surface area contributed by atoms with Gasteiger partial charge in [-0.15, -0.1) is 12.3 Å². The Kier molecular flexibility index (Phi) is 5.67. The molecule has 0 heterocycles. The Morgan fingerprint density at radius 3 is 2.82 bits per heavy atom. The van der Waals surface area contributed by atoms with Gasteiger partial charge in [-0.05, 0) is 18.9 Å². The first kappa shape index (κ1) is 13.1. The average Bonchev–Trinajstić information content (AvgIpc) is 2.32. The van der Waals surface area contributed by atoms with Crippen LogP contribution in [0.4, 0.5) is 0 Å². The van der Waals surface area contributed by atoms with Crippen molar-refractivity contribution in [3.63, 3.8) is 0 Å². The third-order valence-electron chi connectivity index (χ3n) is 2.41. The molecule has 0 saturated carbocycles. The molecule has 0 radical (unpaired) electrons. The van der Waals surface area contributed by atoms with Gasteiger partial charge in [-0.25, -0.2) is 0 Å². The third kappa shape index (κ3) is 5.07. The molecule has 17 heavy (non-hydrogen) atoms. The Morgan fingerprint density at radius 1 is 1.35 bits per heavy atom. The normalized spacial score (nSPS) is 9.59. The summed E-state index contributed by atoms with van der Waals surface area (Å²) in [6.45, 7) is 0.633. The fraction of sp³-hybridized carbons (Fsp3) is 0.357. The topological polar surface area (TPSA) is 49.3 Å². The lowest BCUT2D eigenvalue weighted by Crippen LogP contribution is -2.26. The zero-order valence-electron chi connectivity index (χ0n) is 9.78. The van der Waals surface area contributed by atoms with Crippen molar-refractivity contribution in [3.8, 4) is 18.1 Å². The number of unbranched alkanes of at least 4 members (excludes halogenated alkanes) is 2. The minimum atomic E-state index is -0.0767. The number of phenolic OH excluding ortho intramolecular Hbond substituents is 1. The number of carbonyl (C=O) groups is 1. The van der Waals surface area contributed by atoms with Crippen molar-refractivity contribution in [2.24, 2.45) is 0 Å². The maximum atomic E-state index is 11.5. The van der Waals surface area contributed by atoms with Gasteiger partial charge in [0, 0.05) is 18.5 Å². The van der Waals surface area contributed by atoms with Gasteiger partial charge in [0.2, 0.25) is 5.91 Å². The number of para-hydroxylation sites is 1. The van der Waals surface area contributed by atoms with Crippen molar-refractivity contribution in [1.29, 1.82) is 0 Å². The molecule has 0 spiro atoms. The highest BCUT2D eigenvalue weighted by atomic mass is 16.3. The highest BCUT2D eigenvalue weighted by molar-refractivity contribution is 5.79. The SMILES string of the molecule is C#CCCCCNC(=O)Cc1ccccc1O. The van der Waals surface area contributed by atoms with E-state index in [4.69, 9.17) is 6.42 Å². The molecule has 0 atom stereocenters. The fourth-order valence-electron chi connectivity index (χ4n) is 1.48. The molecule has 1 aromatic rings. The second-order valence-corrected chi connectivity index (χ2v) is 3.82. The molecule has 0 aliphatic heterocycles. The van der Waals surface area contributed by atoms with Crippen LogP contribution in [0.25, 0.3) is 0 Å². The van der Waals surface area contributed by atoms with Gasteiger partial charge in [-0.1, -0.05) is 18.2 Å². The van der Waals surface area contributed by atoms with Gasteiger partial charge in [-0.2, -0.15) is 0 Å². The minimum absolute atomic E-state index is 0.0767. The number of hydrogen-bond donors (Lipinski definition) is 2. The van der Waals surface area contributed by atoms with E-state index in [2.05, 4.69) is 11.2 Å². The molecule has 0 aliphatic rings. The summed E-state index contributed by atoms with van der Waals surface area (Å²) in [5.74, 6) is 2.64. The van der Waals surface area contributed by atoms with E-state index in [0.29, 0.717) is 12.1 Å². The Labute approximate surface area is 102 Å². The molecule has 3 heteroatoms. The van der Waals surface area contributed by atoms with Crippen LogP contribution in [-0.4, -0.2) is 17.6 Å². The molecule has 0 aromatic heterocycles. The number of carbonyl (C=O) groups excluding carboxylic acids is 1. The molecule has 0 aliphatic carbocycles. The van der Waals surface area contributed by atoms with E-state index in [-0.39, 0.29) is 18.1 Å². The van der Waals surface area contributed by atoms with Crippen LogP contribution in [0, 0.1) is 12.3 Å². The maximum absolute atomic E-state index is 11.5. The van der Waals surface area contributed by atoms with Gasteiger partial charge in [0.1, 0.15) is 5.75 Å². The first-order valence-corrected chi connectivity index (χ1v) is 5.71. The van der Waals surface area contributed by atoms with E-state index in [9.17, 15) is 9.90 Å². The summed E-state index contributed by atoms with van der Waals surface area (Å²) in [5.41, 5.74) is 0.647. The van der Waals surface area contributed by atoms with Crippen LogP contribution >= 0.6 is 0 Å². The van der Waals surface area contributed by atoms with E-state index < -0.39 is 0 Å². The van der Waals surface area contributed by atoms with Crippen molar-refractivity contribution in [2.45, 2.75) is 25.7 Å². The van der Waals surface area contributed by atoms with Crippen molar-refractivity contribution in [2.75, 3.05) is 6.54 Å². The zero-order chi connectivity index (χ0) is 12.5. The van der Waals surface area contributed by atoms with E-state index in [1.165, 1.54) is 0 Å². The summed E-state index contributed by atoms with van der Waals surface area (Å²) in [6, 6.07) is 6.86. The molecule has 3 nitrogen and oxygen atoms in total. The number of nitrogens with one attached hydrogen (secondary N) is 1. The van der Waals surface area contributed by atoms with E-state index in [1.54, 1.807) is 24.3 Å².